The Labute approximate surface area is 119 Å². The van der Waals surface area contributed by atoms with Crippen LogP contribution >= 0.6 is 23.2 Å². The molecule has 3 N–H and O–H groups in total. The minimum Gasteiger partial charge on any atom is -0.478 e. The summed E-state index contributed by atoms with van der Waals surface area (Å²) in [5.41, 5.74) is -0.0210. The maximum atomic E-state index is 12.0. The lowest BCUT2D eigenvalue weighted by molar-refractivity contribution is -0.119. The van der Waals surface area contributed by atoms with Crippen LogP contribution in [-0.4, -0.2) is 30.1 Å². The third-order valence-corrected chi connectivity index (χ3v) is 3.48. The summed E-state index contributed by atoms with van der Waals surface area (Å²) in [5, 5.41) is 15.1. The van der Waals surface area contributed by atoms with Crippen molar-refractivity contribution in [3.63, 3.8) is 0 Å². The Morgan fingerprint density at radius 1 is 1.37 bits per heavy atom. The molecule has 1 aliphatic heterocycles. The van der Waals surface area contributed by atoms with Gasteiger partial charge in [0, 0.05) is 11.6 Å². The highest BCUT2D eigenvalue weighted by Gasteiger charge is 2.25. The first kappa shape index (κ1) is 14.1. The largest absolute Gasteiger partial charge is 0.478 e. The number of carbonyl (C=O) groups excluding carboxylic acids is 1. The summed E-state index contributed by atoms with van der Waals surface area (Å²) in [6.07, 6.45) is 0.722. The van der Waals surface area contributed by atoms with Gasteiger partial charge in [-0.15, -0.1) is 0 Å². The van der Waals surface area contributed by atoms with E-state index < -0.39 is 5.97 Å². The Morgan fingerprint density at radius 3 is 2.68 bits per heavy atom. The molecule has 1 aromatic carbocycles. The van der Waals surface area contributed by atoms with Crippen LogP contribution in [0.4, 0.5) is 5.69 Å². The number of carbonyl (C=O) groups is 2. The van der Waals surface area contributed by atoms with Crippen molar-refractivity contribution in [2.45, 2.75) is 6.42 Å². The first-order valence-corrected chi connectivity index (χ1v) is 6.48. The van der Waals surface area contributed by atoms with Crippen LogP contribution in [0.15, 0.2) is 12.1 Å². The van der Waals surface area contributed by atoms with Gasteiger partial charge in [0.25, 0.3) is 0 Å². The molecule has 1 atom stereocenters. The van der Waals surface area contributed by atoms with Crippen LogP contribution in [0.1, 0.15) is 16.8 Å². The fourth-order valence-electron chi connectivity index (χ4n) is 1.97. The standard InChI is InChI=1S/C12H12Cl2N2O3/c13-7-3-8(12(18)19)10(9(14)4-7)16-11(17)6-1-2-15-5-6/h3-4,6,15H,1-2,5H2,(H,16,17)(H,18,19). The Morgan fingerprint density at radius 2 is 2.11 bits per heavy atom. The van der Waals surface area contributed by atoms with Gasteiger partial charge in [-0.25, -0.2) is 4.79 Å². The molecule has 2 rings (SSSR count). The number of aromatic carboxylic acids is 1. The van der Waals surface area contributed by atoms with Crippen LogP contribution < -0.4 is 10.6 Å². The number of hydrogen-bond acceptors (Lipinski definition) is 3. The number of anilines is 1. The molecule has 0 aromatic heterocycles. The van der Waals surface area contributed by atoms with Crippen molar-refractivity contribution in [1.82, 2.24) is 5.32 Å². The van der Waals surface area contributed by atoms with E-state index in [0.29, 0.717) is 6.54 Å². The van der Waals surface area contributed by atoms with E-state index in [1.807, 2.05) is 0 Å². The zero-order valence-electron chi connectivity index (χ0n) is 9.87. The Bertz CT molecular complexity index is 528. The molecule has 7 heteroatoms. The lowest BCUT2D eigenvalue weighted by atomic mass is 10.1. The van der Waals surface area contributed by atoms with E-state index in [4.69, 9.17) is 28.3 Å². The molecule has 1 fully saturated rings. The van der Waals surface area contributed by atoms with E-state index in [9.17, 15) is 9.59 Å². The number of rotatable bonds is 3. The number of carboxylic acids is 1. The van der Waals surface area contributed by atoms with Crippen molar-refractivity contribution >= 4 is 40.8 Å². The molecular weight excluding hydrogens is 291 g/mol. The van der Waals surface area contributed by atoms with Crippen LogP contribution in [0.25, 0.3) is 0 Å². The normalized spacial score (nSPS) is 18.3. The number of carboxylic acid groups (broad SMARTS) is 1. The molecule has 0 radical (unpaired) electrons. The van der Waals surface area contributed by atoms with Crippen molar-refractivity contribution in [3.8, 4) is 0 Å². The van der Waals surface area contributed by atoms with E-state index in [-0.39, 0.29) is 33.1 Å². The van der Waals surface area contributed by atoms with E-state index in [1.54, 1.807) is 0 Å². The maximum Gasteiger partial charge on any atom is 0.337 e. The van der Waals surface area contributed by atoms with Crippen LogP contribution in [0, 0.1) is 5.92 Å². The van der Waals surface area contributed by atoms with Crippen LogP contribution in [0.5, 0.6) is 0 Å². The first-order valence-electron chi connectivity index (χ1n) is 5.73. The number of halogens is 2. The zero-order chi connectivity index (χ0) is 14.0. The highest BCUT2D eigenvalue weighted by Crippen LogP contribution is 2.31. The fourth-order valence-corrected chi connectivity index (χ4v) is 2.51. The van der Waals surface area contributed by atoms with Crippen molar-refractivity contribution in [3.05, 3.63) is 27.7 Å². The molecule has 0 saturated carbocycles. The van der Waals surface area contributed by atoms with Gasteiger partial charge in [0.2, 0.25) is 5.91 Å². The van der Waals surface area contributed by atoms with Gasteiger partial charge in [0.1, 0.15) is 0 Å². The summed E-state index contributed by atoms with van der Waals surface area (Å²) in [6, 6.07) is 2.66. The second-order valence-electron chi connectivity index (χ2n) is 4.29. The van der Waals surface area contributed by atoms with Crippen LogP contribution in [-0.2, 0) is 4.79 Å². The summed E-state index contributed by atoms with van der Waals surface area (Å²) in [4.78, 5) is 23.1. The third-order valence-electron chi connectivity index (χ3n) is 2.96. The maximum absolute atomic E-state index is 12.0. The van der Waals surface area contributed by atoms with Gasteiger partial charge in [-0.2, -0.15) is 0 Å². The van der Waals surface area contributed by atoms with Crippen molar-refractivity contribution in [2.24, 2.45) is 5.92 Å². The summed E-state index contributed by atoms with van der Waals surface area (Å²) >= 11 is 11.7. The molecular formula is C12H12Cl2N2O3. The third kappa shape index (κ3) is 3.18. The Balaban J connectivity index is 2.28. The average molecular weight is 303 g/mol. The van der Waals surface area contributed by atoms with E-state index in [1.165, 1.54) is 12.1 Å². The van der Waals surface area contributed by atoms with Crippen molar-refractivity contribution in [1.29, 1.82) is 0 Å². The Hall–Kier alpha value is -1.30. The second kappa shape index (κ2) is 5.77. The fraction of sp³-hybridized carbons (Fsp3) is 0.333. The molecule has 19 heavy (non-hydrogen) atoms. The lowest BCUT2D eigenvalue weighted by Crippen LogP contribution is -2.25. The topological polar surface area (TPSA) is 78.4 Å². The molecule has 102 valence electrons. The van der Waals surface area contributed by atoms with Gasteiger partial charge >= 0.3 is 5.97 Å². The predicted octanol–water partition coefficient (Wildman–Crippen LogP) is 2.24. The zero-order valence-corrected chi connectivity index (χ0v) is 11.4. The van der Waals surface area contributed by atoms with Gasteiger partial charge < -0.3 is 15.7 Å². The monoisotopic (exact) mass is 302 g/mol. The molecule has 1 saturated heterocycles. The second-order valence-corrected chi connectivity index (χ2v) is 5.14. The minimum absolute atomic E-state index is 0.0930. The average Bonchev–Trinajstić information content (AvgIpc) is 2.85. The number of nitrogens with one attached hydrogen (secondary N) is 2. The van der Waals surface area contributed by atoms with E-state index in [0.717, 1.165) is 13.0 Å². The minimum atomic E-state index is -1.19. The number of benzene rings is 1. The SMILES string of the molecule is O=C(O)c1cc(Cl)cc(Cl)c1NC(=O)C1CCNC1. The van der Waals surface area contributed by atoms with E-state index in [2.05, 4.69) is 10.6 Å². The molecule has 5 nitrogen and oxygen atoms in total. The first-order chi connectivity index (χ1) is 8.99. The van der Waals surface area contributed by atoms with Crippen molar-refractivity contribution < 1.29 is 14.7 Å². The number of hydrogen-bond donors (Lipinski definition) is 3. The predicted molar refractivity (Wildman–Crippen MR) is 73.0 cm³/mol. The quantitative estimate of drug-likeness (QED) is 0.800. The lowest BCUT2D eigenvalue weighted by Gasteiger charge is -2.13. The molecule has 1 heterocycles. The van der Waals surface area contributed by atoms with Crippen molar-refractivity contribution in [2.75, 3.05) is 18.4 Å². The highest BCUT2D eigenvalue weighted by atomic mass is 35.5. The van der Waals surface area contributed by atoms with Crippen LogP contribution in [0.3, 0.4) is 0 Å². The smallest absolute Gasteiger partial charge is 0.337 e. The van der Waals surface area contributed by atoms with Gasteiger partial charge in [-0.05, 0) is 25.1 Å². The highest BCUT2D eigenvalue weighted by molar-refractivity contribution is 6.37. The van der Waals surface area contributed by atoms with Gasteiger partial charge in [0.15, 0.2) is 0 Å². The molecule has 0 spiro atoms. The van der Waals surface area contributed by atoms with Crippen LogP contribution in [0.2, 0.25) is 10.0 Å². The molecule has 0 aliphatic carbocycles. The molecule has 1 aromatic rings. The summed E-state index contributed by atoms with van der Waals surface area (Å²) in [6.45, 7) is 1.36. The van der Waals surface area contributed by atoms with E-state index >= 15 is 0 Å². The summed E-state index contributed by atoms with van der Waals surface area (Å²) in [7, 11) is 0. The molecule has 1 unspecified atom stereocenters. The molecule has 0 bridgehead atoms. The van der Waals surface area contributed by atoms with Gasteiger partial charge in [0.05, 0.1) is 22.2 Å². The summed E-state index contributed by atoms with van der Waals surface area (Å²) in [5.74, 6) is -1.60. The van der Waals surface area contributed by atoms with Gasteiger partial charge in [-0.1, -0.05) is 23.2 Å². The number of amides is 1. The molecule has 1 amide bonds. The summed E-state index contributed by atoms with van der Waals surface area (Å²) < 4.78 is 0. The molecule has 1 aliphatic rings. The Kier molecular flexibility index (Phi) is 4.29. The van der Waals surface area contributed by atoms with Gasteiger partial charge in [-0.3, -0.25) is 4.79 Å².